The van der Waals surface area contributed by atoms with Gasteiger partial charge in [-0.05, 0) is 13.8 Å². The first kappa shape index (κ1) is 11.1. The van der Waals surface area contributed by atoms with Crippen molar-refractivity contribution in [1.29, 1.82) is 0 Å². The molecule has 0 saturated carbocycles. The number of hydrogen-bond donors (Lipinski definition) is 1. The zero-order valence-corrected chi connectivity index (χ0v) is 7.43. The molecule has 42 valence electrons. The van der Waals surface area contributed by atoms with E-state index < -0.39 is 5.97 Å². The molecule has 0 radical (unpaired) electrons. The molecule has 0 aromatic carbocycles. The predicted octanol–water partition coefficient (Wildman–Crippen LogP) is -1.85. The second-order valence-electron chi connectivity index (χ2n) is 1.56. The van der Waals surface area contributed by atoms with Gasteiger partial charge >= 0.3 is 35.5 Å². The summed E-state index contributed by atoms with van der Waals surface area (Å²) in [6.07, 6.45) is 1.17. The molecule has 2 nitrogen and oxygen atoms in total. The van der Waals surface area contributed by atoms with Gasteiger partial charge in [0.25, 0.3) is 0 Å². The van der Waals surface area contributed by atoms with Gasteiger partial charge in [-0.25, -0.2) is 4.79 Å². The van der Waals surface area contributed by atoms with Crippen molar-refractivity contribution < 1.29 is 40.9 Å². The first-order valence-electron chi connectivity index (χ1n) is 2.01. The molecule has 0 spiro atoms. The minimum absolute atomic E-state index is 0. The van der Waals surface area contributed by atoms with Crippen LogP contribution in [0.15, 0.2) is 11.6 Å². The monoisotopic (exact) mass is 124 g/mol. The van der Waals surface area contributed by atoms with Crippen LogP contribution in [-0.2, 0) is 4.79 Å². The van der Waals surface area contributed by atoms with Crippen LogP contribution in [0.2, 0.25) is 0 Å². The van der Waals surface area contributed by atoms with E-state index in [1.165, 1.54) is 6.08 Å². The van der Waals surface area contributed by atoms with Crippen molar-refractivity contribution in [3.8, 4) is 0 Å². The Bertz CT molecular complexity index is 108. The Morgan fingerprint density at radius 1 is 1.62 bits per heavy atom. The van der Waals surface area contributed by atoms with Crippen molar-refractivity contribution in [2.24, 2.45) is 0 Å². The summed E-state index contributed by atoms with van der Waals surface area (Å²) in [5.74, 6) is -0.875. The first-order chi connectivity index (χ1) is 3.13. The standard InChI is InChI=1S/C5H8O2.Na.H/c1-4(2)3-5(6)7;;/h3H,1-2H3,(H,6,7);;/q;+1;-1. The smallest absolute Gasteiger partial charge is 1.00 e. The van der Waals surface area contributed by atoms with Crippen LogP contribution in [0.5, 0.6) is 0 Å². The van der Waals surface area contributed by atoms with E-state index in [2.05, 4.69) is 0 Å². The van der Waals surface area contributed by atoms with Gasteiger partial charge < -0.3 is 6.53 Å². The molecule has 0 aliphatic carbocycles. The van der Waals surface area contributed by atoms with Crippen LogP contribution in [0.1, 0.15) is 15.3 Å². The predicted molar refractivity (Wildman–Crippen MR) is 28.2 cm³/mol. The van der Waals surface area contributed by atoms with Gasteiger partial charge in [0, 0.05) is 6.08 Å². The summed E-state index contributed by atoms with van der Waals surface area (Å²) in [6.45, 7) is 3.49. The van der Waals surface area contributed by atoms with Crippen LogP contribution in [0.4, 0.5) is 0 Å². The van der Waals surface area contributed by atoms with Crippen molar-refractivity contribution in [3.63, 3.8) is 0 Å². The van der Waals surface area contributed by atoms with Gasteiger partial charge in [-0.1, -0.05) is 5.57 Å². The maximum Gasteiger partial charge on any atom is 1.00 e. The number of aliphatic carboxylic acids is 1. The van der Waals surface area contributed by atoms with E-state index in [-0.39, 0.29) is 31.0 Å². The first-order valence-corrected chi connectivity index (χ1v) is 2.01. The van der Waals surface area contributed by atoms with Crippen LogP contribution in [0.3, 0.4) is 0 Å². The summed E-state index contributed by atoms with van der Waals surface area (Å²) in [5, 5.41) is 8.01. The molecule has 0 fully saturated rings. The molecule has 0 heterocycles. The van der Waals surface area contributed by atoms with Gasteiger partial charge in [-0.15, -0.1) is 0 Å². The molecular weight excluding hydrogens is 115 g/mol. The SMILES string of the molecule is CC(C)=CC(=O)O.[H-].[Na+]. The Hall–Kier alpha value is 0.210. The second-order valence-corrected chi connectivity index (χ2v) is 1.56. The van der Waals surface area contributed by atoms with Gasteiger partial charge in [0.2, 0.25) is 0 Å². The van der Waals surface area contributed by atoms with Gasteiger partial charge in [0.15, 0.2) is 0 Å². The van der Waals surface area contributed by atoms with Crippen LogP contribution >= 0.6 is 0 Å². The van der Waals surface area contributed by atoms with Gasteiger partial charge in [-0.3, -0.25) is 0 Å². The zero-order valence-electron chi connectivity index (χ0n) is 6.43. The van der Waals surface area contributed by atoms with Crippen LogP contribution in [0, 0.1) is 0 Å². The molecular formula is C5H9NaO2. The molecule has 8 heavy (non-hydrogen) atoms. The Balaban J connectivity index is -0.000000180. The summed E-state index contributed by atoms with van der Waals surface area (Å²) >= 11 is 0. The average Bonchev–Trinajstić information content (AvgIpc) is 1.27. The zero-order chi connectivity index (χ0) is 5.86. The van der Waals surface area contributed by atoms with E-state index in [1.807, 2.05) is 0 Å². The number of hydrogen-bond acceptors (Lipinski definition) is 1. The third-order valence-corrected chi connectivity index (χ3v) is 0.412. The Kier molecular flexibility index (Phi) is 7.40. The fourth-order valence-corrected chi connectivity index (χ4v) is 0.247. The second kappa shape index (κ2) is 5.35. The molecule has 3 heteroatoms. The number of carboxylic acids is 1. The van der Waals surface area contributed by atoms with Gasteiger partial charge in [0.1, 0.15) is 0 Å². The fraction of sp³-hybridized carbons (Fsp3) is 0.400. The minimum atomic E-state index is -0.875. The normalized spacial score (nSPS) is 6.75. The maximum atomic E-state index is 9.73. The van der Waals surface area contributed by atoms with Crippen molar-refractivity contribution >= 4 is 5.97 Å². The van der Waals surface area contributed by atoms with Crippen LogP contribution in [0.25, 0.3) is 0 Å². The van der Waals surface area contributed by atoms with E-state index in [4.69, 9.17) is 5.11 Å². The van der Waals surface area contributed by atoms with Crippen molar-refractivity contribution in [2.45, 2.75) is 13.8 Å². The molecule has 0 saturated heterocycles. The summed E-state index contributed by atoms with van der Waals surface area (Å²) < 4.78 is 0. The average molecular weight is 124 g/mol. The number of rotatable bonds is 1. The van der Waals surface area contributed by atoms with Crippen LogP contribution in [-0.4, -0.2) is 11.1 Å². The van der Waals surface area contributed by atoms with E-state index in [0.29, 0.717) is 0 Å². The molecule has 0 amide bonds. The van der Waals surface area contributed by atoms with E-state index >= 15 is 0 Å². The summed E-state index contributed by atoms with van der Waals surface area (Å²) in [7, 11) is 0. The van der Waals surface area contributed by atoms with Gasteiger partial charge in [-0.2, -0.15) is 0 Å². The molecule has 0 aliphatic rings. The van der Waals surface area contributed by atoms with E-state index in [0.717, 1.165) is 5.57 Å². The minimum Gasteiger partial charge on any atom is -1.00 e. The molecule has 0 atom stereocenters. The van der Waals surface area contributed by atoms with Gasteiger partial charge in [0.05, 0.1) is 0 Å². The topological polar surface area (TPSA) is 37.3 Å². The van der Waals surface area contributed by atoms with E-state index in [9.17, 15) is 4.79 Å². The summed E-state index contributed by atoms with van der Waals surface area (Å²) in [5.41, 5.74) is 0.813. The fourth-order valence-electron chi connectivity index (χ4n) is 0.247. The maximum absolute atomic E-state index is 9.73. The third-order valence-electron chi connectivity index (χ3n) is 0.412. The van der Waals surface area contributed by atoms with Crippen molar-refractivity contribution in [2.75, 3.05) is 0 Å². The molecule has 0 unspecified atom stereocenters. The summed E-state index contributed by atoms with van der Waals surface area (Å²) in [6, 6.07) is 0. The molecule has 0 aliphatic heterocycles. The van der Waals surface area contributed by atoms with Crippen LogP contribution < -0.4 is 29.6 Å². The largest absolute Gasteiger partial charge is 1.00 e. The Morgan fingerprint density at radius 3 is 2.00 bits per heavy atom. The van der Waals surface area contributed by atoms with E-state index in [1.54, 1.807) is 13.8 Å². The molecule has 0 bridgehead atoms. The Labute approximate surface area is 72.4 Å². The quantitative estimate of drug-likeness (QED) is 0.329. The Morgan fingerprint density at radius 2 is 2.00 bits per heavy atom. The summed E-state index contributed by atoms with van der Waals surface area (Å²) in [4.78, 5) is 9.73. The molecule has 0 aromatic rings. The number of carbonyl (C=O) groups is 1. The molecule has 0 rings (SSSR count). The molecule has 1 N–H and O–H groups in total. The van der Waals surface area contributed by atoms with Crippen molar-refractivity contribution in [3.05, 3.63) is 11.6 Å². The van der Waals surface area contributed by atoms with Crippen molar-refractivity contribution in [1.82, 2.24) is 0 Å². The third kappa shape index (κ3) is 9.51. The number of allylic oxidation sites excluding steroid dienone is 1. The molecule has 0 aromatic heterocycles. The number of carboxylic acid groups (broad SMARTS) is 1.